The van der Waals surface area contributed by atoms with E-state index in [1.54, 1.807) is 13.0 Å². The van der Waals surface area contributed by atoms with Crippen molar-refractivity contribution in [1.29, 1.82) is 0 Å². The van der Waals surface area contributed by atoms with Crippen LogP contribution in [-0.2, 0) is 4.74 Å². The van der Waals surface area contributed by atoms with Gasteiger partial charge in [-0.25, -0.2) is 4.79 Å². The van der Waals surface area contributed by atoms with Crippen molar-refractivity contribution in [2.75, 3.05) is 6.61 Å². The summed E-state index contributed by atoms with van der Waals surface area (Å²) in [5, 5.41) is 0. The number of benzene rings is 1. The van der Waals surface area contributed by atoms with E-state index in [0.29, 0.717) is 12.2 Å². The van der Waals surface area contributed by atoms with Crippen molar-refractivity contribution >= 4 is 21.9 Å². The van der Waals surface area contributed by atoms with Gasteiger partial charge < -0.3 is 4.74 Å². The summed E-state index contributed by atoms with van der Waals surface area (Å²) in [6, 6.07) is 7.44. The topological polar surface area (TPSA) is 26.3 Å². The van der Waals surface area contributed by atoms with Gasteiger partial charge in [-0.2, -0.15) is 0 Å². The van der Waals surface area contributed by atoms with Gasteiger partial charge in [-0.1, -0.05) is 28.1 Å². The number of alkyl halides is 1. The number of hydrogen-bond acceptors (Lipinski definition) is 2. The summed E-state index contributed by atoms with van der Waals surface area (Å²) in [4.78, 5) is 11.6. The molecule has 1 atom stereocenters. The average molecular weight is 257 g/mol. The molecule has 1 aromatic carbocycles. The molecule has 0 aromatic heterocycles. The zero-order valence-electron chi connectivity index (χ0n) is 8.29. The molecule has 76 valence electrons. The molecule has 0 radical (unpaired) electrons. The van der Waals surface area contributed by atoms with E-state index < -0.39 is 0 Å². The predicted octanol–water partition coefficient (Wildman–Crippen LogP) is 3.32. The van der Waals surface area contributed by atoms with Crippen LogP contribution in [0.4, 0.5) is 0 Å². The molecule has 0 bridgehead atoms. The molecule has 0 N–H and O–H groups in total. The van der Waals surface area contributed by atoms with Crippen LogP contribution < -0.4 is 0 Å². The molecule has 0 amide bonds. The number of carbonyl (C=O) groups is 1. The van der Waals surface area contributed by atoms with Gasteiger partial charge in [-0.3, -0.25) is 0 Å². The highest BCUT2D eigenvalue weighted by Crippen LogP contribution is 2.22. The molecule has 0 spiro atoms. The minimum atomic E-state index is -0.262. The predicted molar refractivity (Wildman–Crippen MR) is 59.7 cm³/mol. The van der Waals surface area contributed by atoms with Gasteiger partial charge in [-0.05, 0) is 31.5 Å². The molecule has 1 rings (SSSR count). The number of rotatable bonds is 3. The van der Waals surface area contributed by atoms with Gasteiger partial charge in [0.05, 0.1) is 12.2 Å². The fourth-order valence-electron chi connectivity index (χ4n) is 1.13. The Kier molecular flexibility index (Phi) is 4.14. The second-order valence-corrected chi connectivity index (χ2v) is 4.34. The molecule has 2 nitrogen and oxygen atoms in total. The van der Waals surface area contributed by atoms with Crippen molar-refractivity contribution in [3.63, 3.8) is 0 Å². The first-order chi connectivity index (χ1) is 6.65. The van der Waals surface area contributed by atoms with E-state index >= 15 is 0 Å². The maximum Gasteiger partial charge on any atom is 0.338 e. The van der Waals surface area contributed by atoms with E-state index in [0.717, 1.165) is 5.56 Å². The number of carbonyl (C=O) groups excluding carboxylic acids is 1. The Labute approximate surface area is 92.4 Å². The lowest BCUT2D eigenvalue weighted by molar-refractivity contribution is 0.0526. The minimum Gasteiger partial charge on any atom is -0.462 e. The summed E-state index contributed by atoms with van der Waals surface area (Å²) in [5.74, 6) is -0.262. The van der Waals surface area contributed by atoms with Gasteiger partial charge in [0.2, 0.25) is 0 Å². The Morgan fingerprint density at radius 1 is 1.57 bits per heavy atom. The molecule has 0 saturated carbocycles. The van der Waals surface area contributed by atoms with Crippen LogP contribution in [0.5, 0.6) is 0 Å². The van der Waals surface area contributed by atoms with Crippen molar-refractivity contribution in [1.82, 2.24) is 0 Å². The van der Waals surface area contributed by atoms with Crippen molar-refractivity contribution in [3.05, 3.63) is 35.4 Å². The van der Waals surface area contributed by atoms with Crippen molar-refractivity contribution in [2.45, 2.75) is 18.7 Å². The molecule has 0 fully saturated rings. The lowest BCUT2D eigenvalue weighted by atomic mass is 10.1. The number of halogens is 1. The molecule has 3 heteroatoms. The molecule has 1 unspecified atom stereocenters. The van der Waals surface area contributed by atoms with E-state index in [1.807, 2.05) is 25.1 Å². The lowest BCUT2D eigenvalue weighted by Gasteiger charge is -2.06. The molecule has 0 aliphatic carbocycles. The maximum atomic E-state index is 11.4. The van der Waals surface area contributed by atoms with Crippen LogP contribution in [0.25, 0.3) is 0 Å². The molecule has 14 heavy (non-hydrogen) atoms. The van der Waals surface area contributed by atoms with Crippen LogP contribution in [0.1, 0.15) is 34.6 Å². The normalized spacial score (nSPS) is 12.2. The zero-order valence-corrected chi connectivity index (χ0v) is 9.87. The van der Waals surface area contributed by atoms with Crippen LogP contribution in [0.15, 0.2) is 24.3 Å². The zero-order chi connectivity index (χ0) is 10.6. The SMILES string of the molecule is CCOC(=O)c1cccc(C(C)Br)c1. The highest BCUT2D eigenvalue weighted by Gasteiger charge is 2.08. The Hall–Kier alpha value is -0.830. The van der Waals surface area contributed by atoms with Gasteiger partial charge in [0, 0.05) is 4.83 Å². The molecule has 0 aliphatic heterocycles. The molecule has 0 heterocycles. The summed E-state index contributed by atoms with van der Waals surface area (Å²) in [6.45, 7) is 4.23. The van der Waals surface area contributed by atoms with Crippen molar-refractivity contribution in [3.8, 4) is 0 Å². The Morgan fingerprint density at radius 3 is 2.86 bits per heavy atom. The summed E-state index contributed by atoms with van der Waals surface area (Å²) in [7, 11) is 0. The molecule has 0 aliphatic rings. The number of esters is 1. The van der Waals surface area contributed by atoms with E-state index in [9.17, 15) is 4.79 Å². The average Bonchev–Trinajstić information content (AvgIpc) is 2.18. The van der Waals surface area contributed by atoms with Crippen LogP contribution in [0.2, 0.25) is 0 Å². The molecule has 0 saturated heterocycles. The summed E-state index contributed by atoms with van der Waals surface area (Å²) >= 11 is 3.45. The van der Waals surface area contributed by atoms with Crippen molar-refractivity contribution in [2.24, 2.45) is 0 Å². The second-order valence-electron chi connectivity index (χ2n) is 2.96. The maximum absolute atomic E-state index is 11.4. The van der Waals surface area contributed by atoms with Gasteiger partial charge in [0.25, 0.3) is 0 Å². The fraction of sp³-hybridized carbons (Fsp3) is 0.364. The first-order valence-electron chi connectivity index (χ1n) is 4.56. The second kappa shape index (κ2) is 5.15. The first-order valence-corrected chi connectivity index (χ1v) is 5.48. The monoisotopic (exact) mass is 256 g/mol. The summed E-state index contributed by atoms with van der Waals surface area (Å²) in [5.41, 5.74) is 1.69. The highest BCUT2D eigenvalue weighted by molar-refractivity contribution is 9.09. The van der Waals surface area contributed by atoms with Crippen LogP contribution in [-0.4, -0.2) is 12.6 Å². The van der Waals surface area contributed by atoms with Gasteiger partial charge in [0.1, 0.15) is 0 Å². The number of hydrogen-bond donors (Lipinski definition) is 0. The highest BCUT2D eigenvalue weighted by atomic mass is 79.9. The quantitative estimate of drug-likeness (QED) is 0.613. The van der Waals surface area contributed by atoms with Crippen molar-refractivity contribution < 1.29 is 9.53 Å². The van der Waals surface area contributed by atoms with Crippen LogP contribution in [0, 0.1) is 0 Å². The largest absolute Gasteiger partial charge is 0.462 e. The Morgan fingerprint density at radius 2 is 2.29 bits per heavy atom. The minimum absolute atomic E-state index is 0.247. The van der Waals surface area contributed by atoms with Gasteiger partial charge >= 0.3 is 5.97 Å². The standard InChI is InChI=1S/C11H13BrO2/c1-3-14-11(13)10-6-4-5-9(7-10)8(2)12/h4-8H,3H2,1-2H3. The van der Waals surface area contributed by atoms with Crippen LogP contribution >= 0.6 is 15.9 Å². The smallest absolute Gasteiger partial charge is 0.338 e. The van der Waals surface area contributed by atoms with E-state index in [-0.39, 0.29) is 10.8 Å². The third kappa shape index (κ3) is 2.84. The third-order valence-electron chi connectivity index (χ3n) is 1.86. The molecule has 1 aromatic rings. The Bertz CT molecular complexity index is 321. The third-order valence-corrected chi connectivity index (χ3v) is 2.39. The molecular weight excluding hydrogens is 244 g/mol. The van der Waals surface area contributed by atoms with E-state index in [4.69, 9.17) is 4.74 Å². The van der Waals surface area contributed by atoms with Crippen LogP contribution in [0.3, 0.4) is 0 Å². The molecular formula is C11H13BrO2. The van der Waals surface area contributed by atoms with E-state index in [2.05, 4.69) is 15.9 Å². The summed E-state index contributed by atoms with van der Waals surface area (Å²) < 4.78 is 4.91. The number of ether oxygens (including phenoxy) is 1. The van der Waals surface area contributed by atoms with E-state index in [1.165, 1.54) is 0 Å². The fourth-order valence-corrected chi connectivity index (χ4v) is 1.41. The Balaban J connectivity index is 2.88. The van der Waals surface area contributed by atoms with Gasteiger partial charge in [-0.15, -0.1) is 0 Å². The first kappa shape index (κ1) is 11.2. The summed E-state index contributed by atoms with van der Waals surface area (Å²) in [6.07, 6.45) is 0. The van der Waals surface area contributed by atoms with Gasteiger partial charge in [0.15, 0.2) is 0 Å². The lowest BCUT2D eigenvalue weighted by Crippen LogP contribution is -2.04.